The van der Waals surface area contributed by atoms with Crippen LogP contribution in [0, 0.1) is 17.8 Å². The van der Waals surface area contributed by atoms with Gasteiger partial charge in [0.05, 0.1) is 16.8 Å². The van der Waals surface area contributed by atoms with Crippen molar-refractivity contribution in [3.05, 3.63) is 71.8 Å². The largest absolute Gasteiger partial charge is 0.458 e. The van der Waals surface area contributed by atoms with Gasteiger partial charge in [-0.15, -0.1) is 0 Å². The Morgan fingerprint density at radius 2 is 1.52 bits per heavy atom. The van der Waals surface area contributed by atoms with Gasteiger partial charge in [0.15, 0.2) is 12.7 Å². The van der Waals surface area contributed by atoms with Crippen LogP contribution in [0.1, 0.15) is 60.7 Å². The van der Waals surface area contributed by atoms with E-state index in [0.717, 1.165) is 18.6 Å². The maximum atomic E-state index is 12.6. The molecule has 1 aliphatic rings. The van der Waals surface area contributed by atoms with Crippen LogP contribution in [-0.2, 0) is 14.3 Å². The van der Waals surface area contributed by atoms with Crippen LogP contribution in [0.5, 0.6) is 0 Å². The molecule has 0 N–H and O–H groups in total. The molecule has 0 aromatic heterocycles. The molecule has 3 rings (SSSR count). The van der Waals surface area contributed by atoms with Crippen molar-refractivity contribution in [3.8, 4) is 0 Å². The summed E-state index contributed by atoms with van der Waals surface area (Å²) in [5, 5.41) is 4.43. The molecule has 0 amide bonds. The number of carbonyl (C=O) groups excluding carboxylic acids is 2. The maximum Gasteiger partial charge on any atom is 0.338 e. The lowest BCUT2D eigenvalue weighted by atomic mass is 9.76. The Morgan fingerprint density at radius 3 is 2.12 bits per heavy atom. The van der Waals surface area contributed by atoms with E-state index in [1.807, 2.05) is 12.1 Å². The lowest BCUT2D eigenvalue weighted by Gasteiger charge is -2.30. The molecule has 0 aliphatic heterocycles. The Morgan fingerprint density at radius 1 is 0.909 bits per heavy atom. The fourth-order valence-electron chi connectivity index (χ4n) is 4.00. The van der Waals surface area contributed by atoms with Crippen LogP contribution < -0.4 is 0 Å². The molecule has 3 atom stereocenters. The van der Waals surface area contributed by atoms with Gasteiger partial charge in [0.1, 0.15) is 6.61 Å². The van der Waals surface area contributed by atoms with E-state index in [1.54, 1.807) is 48.5 Å². The van der Waals surface area contributed by atoms with Gasteiger partial charge in [0.2, 0.25) is 0 Å². The highest BCUT2D eigenvalue weighted by Crippen LogP contribution is 2.31. The van der Waals surface area contributed by atoms with Crippen molar-refractivity contribution in [3.63, 3.8) is 0 Å². The van der Waals surface area contributed by atoms with Crippen molar-refractivity contribution in [2.24, 2.45) is 22.9 Å². The fraction of sp³-hybridized carbons (Fsp3) is 0.444. The van der Waals surface area contributed by atoms with E-state index in [1.165, 1.54) is 6.42 Å². The standard InChI is InChI=1S/C27H33NO5/c1-19(2)24-15-14-20(3)16-25(24)28-32-18-23(33-27(30)22-12-8-5-9-13-22)17-31-26(29)21-10-6-4-7-11-21/h4-13,19-20,23-24H,14-18H2,1-3H3/b28-25+/t20-,23?,24+/m1/s1. The number of ether oxygens (including phenoxy) is 2. The summed E-state index contributed by atoms with van der Waals surface area (Å²) in [7, 11) is 0. The summed E-state index contributed by atoms with van der Waals surface area (Å²) in [6.07, 6.45) is 2.41. The lowest BCUT2D eigenvalue weighted by Crippen LogP contribution is -2.31. The minimum absolute atomic E-state index is 0.00331. The number of oxime groups is 1. The third-order valence-corrected chi connectivity index (χ3v) is 5.90. The molecule has 0 heterocycles. The van der Waals surface area contributed by atoms with Crippen LogP contribution in [0.25, 0.3) is 0 Å². The fourth-order valence-corrected chi connectivity index (χ4v) is 4.00. The zero-order valence-electron chi connectivity index (χ0n) is 19.6. The molecule has 176 valence electrons. The van der Waals surface area contributed by atoms with Crippen LogP contribution in [0.15, 0.2) is 65.8 Å². The van der Waals surface area contributed by atoms with Crippen molar-refractivity contribution >= 4 is 17.7 Å². The van der Waals surface area contributed by atoms with Gasteiger partial charge < -0.3 is 14.3 Å². The molecular weight excluding hydrogens is 418 g/mol. The summed E-state index contributed by atoms with van der Waals surface area (Å²) in [6.45, 7) is 6.50. The summed E-state index contributed by atoms with van der Waals surface area (Å²) >= 11 is 0. The minimum atomic E-state index is -0.784. The molecule has 2 aromatic rings. The molecule has 0 saturated heterocycles. The van der Waals surface area contributed by atoms with Crippen LogP contribution >= 0.6 is 0 Å². The maximum absolute atomic E-state index is 12.6. The molecule has 1 saturated carbocycles. The van der Waals surface area contributed by atoms with Gasteiger partial charge >= 0.3 is 11.9 Å². The molecular formula is C27H33NO5. The van der Waals surface area contributed by atoms with Gasteiger partial charge in [-0.05, 0) is 55.4 Å². The Kier molecular flexibility index (Phi) is 9.04. The Hall–Kier alpha value is -3.15. The van der Waals surface area contributed by atoms with Crippen molar-refractivity contribution in [1.29, 1.82) is 0 Å². The van der Waals surface area contributed by atoms with E-state index < -0.39 is 18.0 Å². The second-order valence-corrected chi connectivity index (χ2v) is 8.97. The topological polar surface area (TPSA) is 74.2 Å². The molecule has 1 unspecified atom stereocenters. The predicted molar refractivity (Wildman–Crippen MR) is 127 cm³/mol. The van der Waals surface area contributed by atoms with Crippen molar-refractivity contribution in [2.75, 3.05) is 13.2 Å². The van der Waals surface area contributed by atoms with Gasteiger partial charge in [0, 0.05) is 5.92 Å². The first-order valence-electron chi connectivity index (χ1n) is 11.6. The molecule has 6 nitrogen and oxygen atoms in total. The van der Waals surface area contributed by atoms with Crippen LogP contribution in [0.2, 0.25) is 0 Å². The smallest absolute Gasteiger partial charge is 0.338 e. The zero-order chi connectivity index (χ0) is 23.6. The van der Waals surface area contributed by atoms with Gasteiger partial charge in [-0.25, -0.2) is 9.59 Å². The number of esters is 2. The quantitative estimate of drug-likeness (QED) is 0.370. The first kappa shape index (κ1) is 24.5. The predicted octanol–water partition coefficient (Wildman–Crippen LogP) is 5.53. The first-order valence-corrected chi connectivity index (χ1v) is 11.6. The first-order chi connectivity index (χ1) is 15.9. The number of nitrogens with zero attached hydrogens (tertiary/aromatic N) is 1. The third kappa shape index (κ3) is 7.45. The van der Waals surface area contributed by atoms with E-state index in [4.69, 9.17) is 14.3 Å². The van der Waals surface area contributed by atoms with E-state index in [9.17, 15) is 9.59 Å². The van der Waals surface area contributed by atoms with Crippen LogP contribution in [0.4, 0.5) is 0 Å². The summed E-state index contributed by atoms with van der Waals surface area (Å²) < 4.78 is 11.0. The Bertz CT molecular complexity index is 926. The molecule has 0 radical (unpaired) electrons. The van der Waals surface area contributed by atoms with E-state index in [0.29, 0.717) is 28.9 Å². The van der Waals surface area contributed by atoms with Crippen molar-refractivity contribution in [1.82, 2.24) is 0 Å². The number of rotatable bonds is 9. The molecule has 1 fully saturated rings. The Balaban J connectivity index is 1.65. The number of carbonyl (C=O) groups is 2. The van der Waals surface area contributed by atoms with E-state index in [-0.39, 0.29) is 13.2 Å². The summed E-state index contributed by atoms with van der Waals surface area (Å²) in [5.74, 6) is 0.462. The highest BCUT2D eigenvalue weighted by atomic mass is 16.7. The highest BCUT2D eigenvalue weighted by molar-refractivity contribution is 5.90. The van der Waals surface area contributed by atoms with Gasteiger partial charge in [-0.1, -0.05) is 62.3 Å². The number of hydrogen-bond donors (Lipinski definition) is 0. The minimum Gasteiger partial charge on any atom is -0.458 e. The molecule has 1 aliphatic carbocycles. The second-order valence-electron chi connectivity index (χ2n) is 8.97. The Labute approximate surface area is 195 Å². The molecule has 0 bridgehead atoms. The summed E-state index contributed by atoms with van der Waals surface area (Å²) in [4.78, 5) is 30.6. The average Bonchev–Trinajstić information content (AvgIpc) is 2.83. The number of hydrogen-bond acceptors (Lipinski definition) is 6. The molecule has 33 heavy (non-hydrogen) atoms. The van der Waals surface area contributed by atoms with Crippen LogP contribution in [0.3, 0.4) is 0 Å². The average molecular weight is 452 g/mol. The van der Waals surface area contributed by atoms with Crippen molar-refractivity contribution in [2.45, 2.75) is 46.1 Å². The molecule has 6 heteroatoms. The van der Waals surface area contributed by atoms with Gasteiger partial charge in [-0.2, -0.15) is 0 Å². The number of benzene rings is 2. The van der Waals surface area contributed by atoms with E-state index >= 15 is 0 Å². The monoisotopic (exact) mass is 451 g/mol. The lowest BCUT2D eigenvalue weighted by molar-refractivity contribution is -0.0319. The molecule has 2 aromatic carbocycles. The highest BCUT2D eigenvalue weighted by Gasteiger charge is 2.28. The third-order valence-electron chi connectivity index (χ3n) is 5.90. The normalized spacial score (nSPS) is 20.3. The summed E-state index contributed by atoms with van der Waals surface area (Å²) in [5.41, 5.74) is 1.91. The van der Waals surface area contributed by atoms with E-state index in [2.05, 4.69) is 25.9 Å². The van der Waals surface area contributed by atoms with Gasteiger partial charge in [-0.3, -0.25) is 0 Å². The second kappa shape index (κ2) is 12.2. The molecule has 0 spiro atoms. The van der Waals surface area contributed by atoms with Gasteiger partial charge in [0.25, 0.3) is 0 Å². The SMILES string of the molecule is CC(C)[C@@H]1CC[C@@H](C)C/C1=N\OCC(COC(=O)c1ccccc1)OC(=O)c1ccccc1. The summed E-state index contributed by atoms with van der Waals surface area (Å²) in [6, 6.07) is 17.4. The van der Waals surface area contributed by atoms with Crippen molar-refractivity contribution < 1.29 is 23.9 Å². The zero-order valence-corrected chi connectivity index (χ0v) is 19.6. The van der Waals surface area contributed by atoms with Crippen LogP contribution in [-0.4, -0.2) is 37.0 Å².